The summed E-state index contributed by atoms with van der Waals surface area (Å²) in [6.07, 6.45) is 7.70. The molecule has 1 N–H and O–H groups in total. The number of piperidine rings is 1. The predicted molar refractivity (Wildman–Crippen MR) is 63.2 cm³/mol. The molecule has 92 valence electrons. The molecule has 1 heterocycles. The van der Waals surface area contributed by atoms with Gasteiger partial charge in [-0.15, -0.1) is 0 Å². The third-order valence-corrected chi connectivity index (χ3v) is 3.96. The van der Waals surface area contributed by atoms with E-state index in [1.807, 2.05) is 0 Å². The molecule has 16 heavy (non-hydrogen) atoms. The van der Waals surface area contributed by atoms with Crippen molar-refractivity contribution in [3.63, 3.8) is 0 Å². The smallest absolute Gasteiger partial charge is 0.313 e. The molecule has 0 aromatic rings. The van der Waals surface area contributed by atoms with Gasteiger partial charge in [-0.25, -0.2) is 0 Å². The maximum Gasteiger partial charge on any atom is 0.313 e. The Morgan fingerprint density at radius 3 is 2.75 bits per heavy atom. The summed E-state index contributed by atoms with van der Waals surface area (Å²) in [5, 5.41) is 3.35. The molecule has 1 saturated heterocycles. The van der Waals surface area contributed by atoms with Crippen LogP contribution in [0.5, 0.6) is 0 Å². The Morgan fingerprint density at radius 2 is 2.25 bits per heavy atom. The Balaban J connectivity index is 1.95. The van der Waals surface area contributed by atoms with Crippen molar-refractivity contribution < 1.29 is 9.53 Å². The molecule has 0 radical (unpaired) electrons. The molecule has 3 nitrogen and oxygen atoms in total. The van der Waals surface area contributed by atoms with Crippen LogP contribution in [0.4, 0.5) is 0 Å². The lowest BCUT2D eigenvalue weighted by molar-refractivity contribution is -0.167. The first-order valence-corrected chi connectivity index (χ1v) is 6.69. The zero-order valence-corrected chi connectivity index (χ0v) is 10.3. The highest BCUT2D eigenvalue weighted by Gasteiger charge is 2.41. The van der Waals surface area contributed by atoms with E-state index < -0.39 is 0 Å². The van der Waals surface area contributed by atoms with Crippen LogP contribution in [0, 0.1) is 5.41 Å². The number of hydrogen-bond acceptors (Lipinski definition) is 3. The Labute approximate surface area is 97.9 Å². The monoisotopic (exact) mass is 225 g/mol. The molecule has 2 aliphatic rings. The van der Waals surface area contributed by atoms with Gasteiger partial charge in [0.1, 0.15) is 6.10 Å². The topological polar surface area (TPSA) is 38.3 Å². The van der Waals surface area contributed by atoms with Crippen LogP contribution in [0.1, 0.15) is 51.9 Å². The molecule has 2 rings (SSSR count). The standard InChI is InChI=1S/C13H23NO2/c1-2-7-13(8-4-9-14-10-13)12(15)16-11-5-3-6-11/h11,14H,2-10H2,1H3. The average Bonchev–Trinajstić information content (AvgIpc) is 2.25. The van der Waals surface area contributed by atoms with Crippen molar-refractivity contribution in [3.05, 3.63) is 0 Å². The fraction of sp³-hybridized carbons (Fsp3) is 0.923. The molecule has 1 atom stereocenters. The molecule has 3 heteroatoms. The van der Waals surface area contributed by atoms with Crippen molar-refractivity contribution in [1.29, 1.82) is 0 Å². The average molecular weight is 225 g/mol. The minimum absolute atomic E-state index is 0.0613. The van der Waals surface area contributed by atoms with E-state index >= 15 is 0 Å². The molecular formula is C13H23NO2. The summed E-state index contributed by atoms with van der Waals surface area (Å²) in [6, 6.07) is 0. The van der Waals surface area contributed by atoms with E-state index in [2.05, 4.69) is 12.2 Å². The second kappa shape index (κ2) is 5.17. The molecule has 1 aliphatic carbocycles. The van der Waals surface area contributed by atoms with Crippen LogP contribution in [-0.4, -0.2) is 25.2 Å². The summed E-state index contributed by atoms with van der Waals surface area (Å²) >= 11 is 0. The summed E-state index contributed by atoms with van der Waals surface area (Å²) in [5.41, 5.74) is -0.220. The number of ether oxygens (including phenoxy) is 1. The Bertz CT molecular complexity index is 237. The SMILES string of the molecule is CCCC1(C(=O)OC2CCC2)CCCNC1. The first-order valence-electron chi connectivity index (χ1n) is 6.69. The highest BCUT2D eigenvalue weighted by atomic mass is 16.5. The molecule has 0 aromatic heterocycles. The zero-order chi connectivity index (χ0) is 11.4. The second-order valence-corrected chi connectivity index (χ2v) is 5.27. The van der Waals surface area contributed by atoms with E-state index in [-0.39, 0.29) is 17.5 Å². The van der Waals surface area contributed by atoms with Crippen molar-refractivity contribution >= 4 is 5.97 Å². The first kappa shape index (κ1) is 11.9. The molecule has 0 amide bonds. The van der Waals surface area contributed by atoms with Gasteiger partial charge >= 0.3 is 5.97 Å². The van der Waals surface area contributed by atoms with Crippen LogP contribution >= 0.6 is 0 Å². The van der Waals surface area contributed by atoms with Gasteiger partial charge in [-0.3, -0.25) is 4.79 Å². The van der Waals surface area contributed by atoms with Crippen molar-refractivity contribution in [2.24, 2.45) is 5.41 Å². The van der Waals surface area contributed by atoms with E-state index in [0.29, 0.717) is 0 Å². The number of carbonyl (C=O) groups excluding carboxylic acids is 1. The van der Waals surface area contributed by atoms with Gasteiger partial charge in [-0.1, -0.05) is 13.3 Å². The zero-order valence-electron chi connectivity index (χ0n) is 10.3. The molecule has 0 aromatic carbocycles. The Kier molecular flexibility index (Phi) is 3.85. The Hall–Kier alpha value is -0.570. The number of esters is 1. The highest BCUT2D eigenvalue weighted by molar-refractivity contribution is 5.77. The van der Waals surface area contributed by atoms with Crippen molar-refractivity contribution in [2.45, 2.75) is 58.0 Å². The first-order chi connectivity index (χ1) is 7.77. The van der Waals surface area contributed by atoms with Crippen LogP contribution in [0.25, 0.3) is 0 Å². The van der Waals surface area contributed by atoms with Crippen molar-refractivity contribution in [2.75, 3.05) is 13.1 Å². The minimum atomic E-state index is -0.220. The summed E-state index contributed by atoms with van der Waals surface area (Å²) in [4.78, 5) is 12.3. The maximum absolute atomic E-state index is 12.3. The number of hydrogen-bond donors (Lipinski definition) is 1. The largest absolute Gasteiger partial charge is 0.462 e. The quantitative estimate of drug-likeness (QED) is 0.746. The van der Waals surface area contributed by atoms with Gasteiger partial charge in [-0.2, -0.15) is 0 Å². The fourth-order valence-corrected chi connectivity index (χ4v) is 2.70. The molecule has 0 bridgehead atoms. The molecular weight excluding hydrogens is 202 g/mol. The summed E-state index contributed by atoms with van der Waals surface area (Å²) < 4.78 is 5.60. The third kappa shape index (κ3) is 2.40. The Morgan fingerprint density at radius 1 is 1.44 bits per heavy atom. The van der Waals surface area contributed by atoms with Gasteiger partial charge in [-0.05, 0) is 45.1 Å². The van der Waals surface area contributed by atoms with E-state index in [4.69, 9.17) is 4.74 Å². The maximum atomic E-state index is 12.3. The molecule has 2 fully saturated rings. The second-order valence-electron chi connectivity index (χ2n) is 5.27. The molecule has 1 aliphatic heterocycles. The van der Waals surface area contributed by atoms with Crippen LogP contribution in [0.15, 0.2) is 0 Å². The van der Waals surface area contributed by atoms with Gasteiger partial charge < -0.3 is 10.1 Å². The van der Waals surface area contributed by atoms with Gasteiger partial charge in [0.25, 0.3) is 0 Å². The normalized spacial score (nSPS) is 30.8. The van der Waals surface area contributed by atoms with Gasteiger partial charge in [0, 0.05) is 6.54 Å². The lowest BCUT2D eigenvalue weighted by Gasteiger charge is -2.37. The van der Waals surface area contributed by atoms with E-state index in [9.17, 15) is 4.79 Å². The van der Waals surface area contributed by atoms with E-state index in [1.54, 1.807) is 0 Å². The van der Waals surface area contributed by atoms with Gasteiger partial charge in [0.2, 0.25) is 0 Å². The fourth-order valence-electron chi connectivity index (χ4n) is 2.70. The van der Waals surface area contributed by atoms with E-state index in [0.717, 1.165) is 51.6 Å². The van der Waals surface area contributed by atoms with Crippen LogP contribution in [0.3, 0.4) is 0 Å². The van der Waals surface area contributed by atoms with Crippen molar-refractivity contribution in [3.8, 4) is 0 Å². The minimum Gasteiger partial charge on any atom is -0.462 e. The summed E-state index contributed by atoms with van der Waals surface area (Å²) in [7, 11) is 0. The number of nitrogens with one attached hydrogen (secondary N) is 1. The number of rotatable bonds is 4. The van der Waals surface area contributed by atoms with Crippen LogP contribution < -0.4 is 5.32 Å². The van der Waals surface area contributed by atoms with Crippen LogP contribution in [0.2, 0.25) is 0 Å². The molecule has 1 unspecified atom stereocenters. The van der Waals surface area contributed by atoms with E-state index in [1.165, 1.54) is 6.42 Å². The molecule has 1 saturated carbocycles. The number of carbonyl (C=O) groups is 1. The van der Waals surface area contributed by atoms with Gasteiger partial charge in [0.05, 0.1) is 5.41 Å². The molecule has 0 spiro atoms. The lowest BCUT2D eigenvalue weighted by Crippen LogP contribution is -2.47. The predicted octanol–water partition coefficient (Wildman–Crippen LogP) is 2.25. The van der Waals surface area contributed by atoms with Crippen LogP contribution in [-0.2, 0) is 9.53 Å². The summed E-state index contributed by atoms with van der Waals surface area (Å²) in [5.74, 6) is 0.0613. The highest BCUT2D eigenvalue weighted by Crippen LogP contribution is 2.35. The lowest BCUT2D eigenvalue weighted by atomic mass is 9.77. The summed E-state index contributed by atoms with van der Waals surface area (Å²) in [6.45, 7) is 4.00. The van der Waals surface area contributed by atoms with Gasteiger partial charge in [0.15, 0.2) is 0 Å². The third-order valence-electron chi connectivity index (χ3n) is 3.96. The van der Waals surface area contributed by atoms with Crippen molar-refractivity contribution in [1.82, 2.24) is 5.32 Å².